The third-order valence-corrected chi connectivity index (χ3v) is 4.60. The molecule has 14 nitrogen and oxygen atoms in total. The SMILES string of the molecule is O=[N+]([O-])[O-].O=[N+]([O-])[O-].[Cu+2].c1ccc(-n2cc3ccccc3n2)nc1.c1ccc(-n2cc3ccccc3n2)nc1. The molecule has 0 aliphatic heterocycles. The fourth-order valence-corrected chi connectivity index (χ4v) is 3.14. The van der Waals surface area contributed by atoms with E-state index in [4.69, 9.17) is 30.6 Å². The molecular formula is C24H18CuN8O6. The molecule has 0 atom stereocenters. The number of rotatable bonds is 2. The van der Waals surface area contributed by atoms with Gasteiger partial charge in [-0.1, -0.05) is 48.5 Å². The smallest absolute Gasteiger partial charge is 0.356 e. The van der Waals surface area contributed by atoms with Crippen molar-refractivity contribution in [3.05, 3.63) is 140 Å². The number of hydrogen-bond donors (Lipinski definition) is 0. The number of fused-ring (bicyclic) bond motifs is 2. The molecule has 0 aliphatic rings. The van der Waals surface area contributed by atoms with Crippen molar-refractivity contribution < 1.29 is 27.2 Å². The summed E-state index contributed by atoms with van der Waals surface area (Å²) < 4.78 is 3.59. The summed E-state index contributed by atoms with van der Waals surface area (Å²) in [5.41, 5.74) is 1.98. The van der Waals surface area contributed by atoms with E-state index in [2.05, 4.69) is 20.2 Å². The molecule has 0 N–H and O–H groups in total. The Labute approximate surface area is 230 Å². The molecule has 0 fully saturated rings. The van der Waals surface area contributed by atoms with Gasteiger partial charge in [0.05, 0.1) is 21.2 Å². The topological polar surface area (TPSA) is 194 Å². The van der Waals surface area contributed by atoms with E-state index in [0.717, 1.165) is 33.4 Å². The van der Waals surface area contributed by atoms with E-state index >= 15 is 0 Å². The molecule has 15 heteroatoms. The molecule has 39 heavy (non-hydrogen) atoms. The largest absolute Gasteiger partial charge is 2.00 e. The quantitative estimate of drug-likeness (QED) is 0.162. The van der Waals surface area contributed by atoms with Crippen LogP contribution in [0.5, 0.6) is 0 Å². The second-order valence-corrected chi connectivity index (χ2v) is 7.09. The molecule has 201 valence electrons. The van der Waals surface area contributed by atoms with Gasteiger partial charge in [0.25, 0.3) is 0 Å². The van der Waals surface area contributed by atoms with Crippen LogP contribution in [0, 0.1) is 30.6 Å². The average molecular weight is 578 g/mol. The van der Waals surface area contributed by atoms with Gasteiger partial charge in [0.2, 0.25) is 0 Å². The average Bonchev–Trinajstić information content (AvgIpc) is 3.54. The minimum atomic E-state index is -1.75. The van der Waals surface area contributed by atoms with Gasteiger partial charge < -0.3 is 30.6 Å². The summed E-state index contributed by atoms with van der Waals surface area (Å²) in [6.07, 6.45) is 7.50. The van der Waals surface area contributed by atoms with Crippen molar-refractivity contribution in [3.8, 4) is 11.6 Å². The summed E-state index contributed by atoms with van der Waals surface area (Å²) in [6, 6.07) is 27.6. The zero-order chi connectivity index (χ0) is 27.3. The summed E-state index contributed by atoms with van der Waals surface area (Å²) in [6.45, 7) is 0. The molecule has 0 unspecified atom stereocenters. The zero-order valence-electron chi connectivity index (χ0n) is 19.7. The first-order valence-corrected chi connectivity index (χ1v) is 10.7. The summed E-state index contributed by atoms with van der Waals surface area (Å²) in [5.74, 6) is 1.68. The molecule has 0 spiro atoms. The van der Waals surface area contributed by atoms with Crippen LogP contribution in [0.1, 0.15) is 0 Å². The van der Waals surface area contributed by atoms with Crippen LogP contribution >= 0.6 is 0 Å². The Balaban J connectivity index is 0.000000212. The Kier molecular flexibility index (Phi) is 11.5. The molecule has 0 saturated heterocycles. The molecule has 0 bridgehead atoms. The molecule has 6 rings (SSSR count). The Bertz CT molecular complexity index is 1420. The molecule has 4 aromatic heterocycles. The minimum absolute atomic E-state index is 0. The van der Waals surface area contributed by atoms with Gasteiger partial charge >= 0.3 is 17.1 Å². The molecule has 4 heterocycles. The first-order valence-electron chi connectivity index (χ1n) is 10.7. The van der Waals surface area contributed by atoms with Crippen LogP contribution in [0.2, 0.25) is 0 Å². The van der Waals surface area contributed by atoms with Crippen molar-refractivity contribution in [1.82, 2.24) is 29.5 Å². The number of nitrogens with zero attached hydrogens (tertiary/aromatic N) is 8. The summed E-state index contributed by atoms with van der Waals surface area (Å²) >= 11 is 0. The first kappa shape index (κ1) is 29.8. The van der Waals surface area contributed by atoms with E-state index in [1.807, 2.05) is 97.3 Å². The first-order chi connectivity index (χ1) is 18.3. The Morgan fingerprint density at radius 2 is 0.872 bits per heavy atom. The minimum Gasteiger partial charge on any atom is -0.356 e. The van der Waals surface area contributed by atoms with Crippen LogP contribution in [0.15, 0.2) is 110 Å². The van der Waals surface area contributed by atoms with E-state index < -0.39 is 10.2 Å². The zero-order valence-corrected chi connectivity index (χ0v) is 20.7. The third kappa shape index (κ3) is 9.53. The van der Waals surface area contributed by atoms with Crippen LogP contribution < -0.4 is 0 Å². The Morgan fingerprint density at radius 1 is 0.538 bits per heavy atom. The van der Waals surface area contributed by atoms with Crippen LogP contribution in [0.4, 0.5) is 0 Å². The predicted molar refractivity (Wildman–Crippen MR) is 138 cm³/mol. The van der Waals surface area contributed by atoms with Gasteiger partial charge in [-0.05, 0) is 36.4 Å². The summed E-state index contributed by atoms with van der Waals surface area (Å²) in [4.78, 5) is 25.0. The van der Waals surface area contributed by atoms with E-state index in [1.165, 1.54) is 0 Å². The van der Waals surface area contributed by atoms with Crippen LogP contribution in [-0.4, -0.2) is 39.7 Å². The number of hydrogen-bond acceptors (Lipinski definition) is 10. The van der Waals surface area contributed by atoms with Gasteiger partial charge in [-0.3, -0.25) is 0 Å². The fourth-order valence-electron chi connectivity index (χ4n) is 3.14. The number of pyridine rings is 2. The van der Waals surface area contributed by atoms with Gasteiger partial charge in [-0.15, -0.1) is 0 Å². The van der Waals surface area contributed by atoms with Crippen LogP contribution in [-0.2, 0) is 17.1 Å². The molecule has 0 amide bonds. The molecule has 0 saturated carbocycles. The maximum atomic E-state index is 8.25. The standard InChI is InChI=1S/2C12H9N3.Cu.2NO3/c2*1-2-6-11-10(5-1)9-15(14-11)12-7-3-4-8-13-12;;2*2-1(3)4/h2*1-9H;;;/q;;+2;2*-1. The van der Waals surface area contributed by atoms with Crippen molar-refractivity contribution in [2.24, 2.45) is 0 Å². The van der Waals surface area contributed by atoms with Crippen LogP contribution in [0.25, 0.3) is 33.4 Å². The van der Waals surface area contributed by atoms with Gasteiger partial charge in [-0.25, -0.2) is 19.3 Å². The van der Waals surface area contributed by atoms with Gasteiger partial charge in [-0.2, -0.15) is 10.2 Å². The van der Waals surface area contributed by atoms with E-state index in [-0.39, 0.29) is 17.1 Å². The maximum Gasteiger partial charge on any atom is 2.00 e. The number of aromatic nitrogens is 6. The van der Waals surface area contributed by atoms with Crippen molar-refractivity contribution in [2.75, 3.05) is 0 Å². The van der Waals surface area contributed by atoms with Gasteiger partial charge in [0, 0.05) is 35.6 Å². The van der Waals surface area contributed by atoms with Crippen LogP contribution in [0.3, 0.4) is 0 Å². The fraction of sp³-hybridized carbons (Fsp3) is 0. The maximum absolute atomic E-state index is 8.25. The van der Waals surface area contributed by atoms with E-state index in [0.29, 0.717) is 0 Å². The van der Waals surface area contributed by atoms with Crippen molar-refractivity contribution >= 4 is 21.8 Å². The normalized spacial score (nSPS) is 9.44. The molecule has 1 radical (unpaired) electrons. The van der Waals surface area contributed by atoms with Crippen molar-refractivity contribution in [2.45, 2.75) is 0 Å². The Morgan fingerprint density at radius 3 is 1.18 bits per heavy atom. The molecule has 6 aromatic rings. The van der Waals surface area contributed by atoms with Gasteiger partial charge in [0.1, 0.15) is 0 Å². The van der Waals surface area contributed by atoms with Crippen molar-refractivity contribution in [1.29, 1.82) is 0 Å². The number of benzene rings is 2. The molecule has 0 aliphatic carbocycles. The van der Waals surface area contributed by atoms with Gasteiger partial charge in [0.15, 0.2) is 11.6 Å². The molecular weight excluding hydrogens is 560 g/mol. The van der Waals surface area contributed by atoms with Crippen molar-refractivity contribution in [3.63, 3.8) is 0 Å². The predicted octanol–water partition coefficient (Wildman–Crippen LogP) is 4.36. The Hall–Kier alpha value is -5.40. The third-order valence-electron chi connectivity index (χ3n) is 4.60. The molecule has 2 aromatic carbocycles. The monoisotopic (exact) mass is 577 g/mol. The second-order valence-electron chi connectivity index (χ2n) is 7.09. The summed E-state index contributed by atoms with van der Waals surface area (Å²) in [5, 5.41) is 40.6. The second kappa shape index (κ2) is 15.0. The van der Waals surface area contributed by atoms with E-state index in [9.17, 15) is 0 Å². The summed E-state index contributed by atoms with van der Waals surface area (Å²) in [7, 11) is 0. The van der Waals surface area contributed by atoms with E-state index in [1.54, 1.807) is 21.8 Å².